The van der Waals surface area contributed by atoms with Gasteiger partial charge in [0.2, 0.25) is 5.95 Å². The third kappa shape index (κ3) is 2.78. The highest BCUT2D eigenvalue weighted by Crippen LogP contribution is 2.55. The lowest BCUT2D eigenvalue weighted by Gasteiger charge is -2.29. The van der Waals surface area contributed by atoms with Crippen molar-refractivity contribution in [2.75, 3.05) is 36.9 Å². The zero-order valence-corrected chi connectivity index (χ0v) is 16.0. The third-order valence-electron chi connectivity index (χ3n) is 6.21. The molecule has 0 radical (unpaired) electrons. The number of hydrogen-bond acceptors (Lipinski definition) is 7. The van der Waals surface area contributed by atoms with Crippen molar-refractivity contribution in [3.8, 4) is 0 Å². The van der Waals surface area contributed by atoms with Crippen LogP contribution >= 0.6 is 11.3 Å². The molecule has 1 spiro atoms. The van der Waals surface area contributed by atoms with Crippen LogP contribution in [0.5, 0.6) is 0 Å². The Labute approximate surface area is 162 Å². The van der Waals surface area contributed by atoms with Crippen LogP contribution in [0.4, 0.5) is 11.8 Å². The first kappa shape index (κ1) is 16.9. The molecular formula is C19H23N5O2S. The van der Waals surface area contributed by atoms with Crippen molar-refractivity contribution in [1.82, 2.24) is 15.3 Å². The molecule has 1 amide bonds. The maximum absolute atomic E-state index is 12.3. The van der Waals surface area contributed by atoms with Crippen molar-refractivity contribution in [2.24, 2.45) is 11.8 Å². The second-order valence-corrected chi connectivity index (χ2v) is 8.54. The lowest BCUT2D eigenvalue weighted by molar-refractivity contribution is 0.0141. The number of aromatic nitrogens is 2. The van der Waals surface area contributed by atoms with E-state index in [4.69, 9.17) is 4.74 Å². The Kier molecular flexibility index (Phi) is 4.05. The number of fused-ring (bicyclic) bond motifs is 1. The van der Waals surface area contributed by atoms with Crippen molar-refractivity contribution < 1.29 is 9.53 Å². The highest BCUT2D eigenvalue weighted by Gasteiger charge is 2.63. The van der Waals surface area contributed by atoms with Gasteiger partial charge in [-0.3, -0.25) is 4.79 Å². The molecule has 3 fully saturated rings. The molecule has 27 heavy (non-hydrogen) atoms. The van der Waals surface area contributed by atoms with Gasteiger partial charge in [0.15, 0.2) is 0 Å². The van der Waals surface area contributed by atoms with Gasteiger partial charge in [0, 0.05) is 38.2 Å². The first-order valence-electron chi connectivity index (χ1n) is 9.44. The molecule has 8 heteroatoms. The van der Waals surface area contributed by atoms with Crippen LogP contribution in [0.3, 0.4) is 0 Å². The molecule has 5 heterocycles. The van der Waals surface area contributed by atoms with E-state index in [2.05, 4.69) is 25.5 Å². The Bertz CT molecular complexity index is 844. The molecule has 2 aromatic rings. The Morgan fingerprint density at radius 3 is 3.22 bits per heavy atom. The molecular weight excluding hydrogens is 362 g/mol. The van der Waals surface area contributed by atoms with Gasteiger partial charge in [-0.05, 0) is 30.4 Å². The normalized spacial score (nSPS) is 31.1. The van der Waals surface area contributed by atoms with E-state index in [1.54, 1.807) is 6.20 Å². The van der Waals surface area contributed by atoms with Gasteiger partial charge < -0.3 is 20.3 Å². The standard InChI is InChI=1S/C19H23N5O2S/c1-20-16-5-7-21-18(23-16)24-10-13-12(14-4-6-19(13,11-24)26-14)9-22-17(25)15-3-2-8-27-15/h2-3,5,7-8,12-14H,4,6,9-11H2,1H3,(H,22,25)(H,20,21,23)/t12-,13+,14+,19+/m0/s1. The van der Waals surface area contributed by atoms with Gasteiger partial charge >= 0.3 is 0 Å². The topological polar surface area (TPSA) is 79.4 Å². The summed E-state index contributed by atoms with van der Waals surface area (Å²) in [5.74, 6) is 2.34. The minimum Gasteiger partial charge on any atom is -0.373 e. The van der Waals surface area contributed by atoms with E-state index < -0.39 is 0 Å². The predicted octanol–water partition coefficient (Wildman–Crippen LogP) is 1.99. The Morgan fingerprint density at radius 1 is 1.48 bits per heavy atom. The van der Waals surface area contributed by atoms with Gasteiger partial charge in [0.05, 0.1) is 23.1 Å². The molecule has 3 aliphatic heterocycles. The van der Waals surface area contributed by atoms with Crippen LogP contribution in [-0.2, 0) is 4.74 Å². The largest absolute Gasteiger partial charge is 0.373 e. The Hall–Kier alpha value is -2.19. The van der Waals surface area contributed by atoms with Crippen molar-refractivity contribution >= 4 is 29.0 Å². The second-order valence-electron chi connectivity index (χ2n) is 7.59. The number of nitrogens with one attached hydrogen (secondary N) is 2. The van der Waals surface area contributed by atoms with E-state index in [1.165, 1.54) is 11.3 Å². The SMILES string of the molecule is CNc1ccnc(N2C[C@@H]3[C@H](CNC(=O)c4cccs4)[C@H]4CC[C@]3(C2)O4)n1. The fourth-order valence-electron chi connectivity index (χ4n) is 4.96. The van der Waals surface area contributed by atoms with Gasteiger partial charge in [0.1, 0.15) is 5.82 Å². The van der Waals surface area contributed by atoms with Crippen LogP contribution < -0.4 is 15.5 Å². The number of anilines is 2. The first-order valence-corrected chi connectivity index (χ1v) is 10.3. The molecule has 142 valence electrons. The fourth-order valence-corrected chi connectivity index (χ4v) is 5.60. The number of carbonyl (C=O) groups excluding carboxylic acids is 1. The van der Waals surface area contributed by atoms with Crippen molar-refractivity contribution in [3.63, 3.8) is 0 Å². The minimum atomic E-state index is -0.109. The lowest BCUT2D eigenvalue weighted by atomic mass is 9.73. The summed E-state index contributed by atoms with van der Waals surface area (Å²) in [5.41, 5.74) is -0.109. The summed E-state index contributed by atoms with van der Waals surface area (Å²) in [6.45, 7) is 2.37. The summed E-state index contributed by atoms with van der Waals surface area (Å²) in [4.78, 5) is 24.4. The van der Waals surface area contributed by atoms with Gasteiger partial charge in [-0.25, -0.2) is 4.98 Å². The third-order valence-corrected chi connectivity index (χ3v) is 7.08. The number of rotatable bonds is 5. The second kappa shape index (κ2) is 6.45. The highest BCUT2D eigenvalue weighted by molar-refractivity contribution is 7.12. The first-order chi connectivity index (χ1) is 13.2. The summed E-state index contributed by atoms with van der Waals surface area (Å²) in [6.07, 6.45) is 4.20. The summed E-state index contributed by atoms with van der Waals surface area (Å²) in [5, 5.41) is 8.13. The Balaban J connectivity index is 1.31. The van der Waals surface area contributed by atoms with E-state index in [0.29, 0.717) is 18.4 Å². The molecule has 0 aliphatic carbocycles. The quantitative estimate of drug-likeness (QED) is 0.820. The number of hydrogen-bond donors (Lipinski definition) is 2. The van der Waals surface area contributed by atoms with E-state index in [-0.39, 0.29) is 17.6 Å². The summed E-state index contributed by atoms with van der Waals surface area (Å²) < 4.78 is 6.47. The van der Waals surface area contributed by atoms with Gasteiger partial charge in [0.25, 0.3) is 5.91 Å². The van der Waals surface area contributed by atoms with Crippen LogP contribution in [0.25, 0.3) is 0 Å². The van der Waals surface area contributed by atoms with Crippen LogP contribution in [-0.4, -0.2) is 54.3 Å². The van der Waals surface area contributed by atoms with Crippen LogP contribution in [0, 0.1) is 11.8 Å². The molecule has 3 aliphatic rings. The fraction of sp³-hybridized carbons (Fsp3) is 0.526. The monoisotopic (exact) mass is 385 g/mol. The number of nitrogens with zero attached hydrogens (tertiary/aromatic N) is 3. The zero-order valence-electron chi connectivity index (χ0n) is 15.2. The number of amides is 1. The number of carbonyl (C=O) groups is 1. The zero-order chi connectivity index (χ0) is 18.4. The summed E-state index contributed by atoms with van der Waals surface area (Å²) in [6, 6.07) is 5.63. The average molecular weight is 385 g/mol. The number of thiophene rings is 1. The smallest absolute Gasteiger partial charge is 0.261 e. The molecule has 2 bridgehead atoms. The van der Waals surface area contributed by atoms with E-state index in [9.17, 15) is 4.79 Å². The molecule has 5 rings (SSSR count). The average Bonchev–Trinajstić information content (AvgIpc) is 3.46. The minimum absolute atomic E-state index is 0.0155. The molecule has 0 saturated carbocycles. The molecule has 4 atom stereocenters. The molecule has 2 N–H and O–H groups in total. The molecule has 7 nitrogen and oxygen atoms in total. The maximum atomic E-state index is 12.3. The van der Waals surface area contributed by atoms with Crippen LogP contribution in [0.15, 0.2) is 29.8 Å². The van der Waals surface area contributed by atoms with E-state index in [0.717, 1.165) is 42.6 Å². The molecule has 3 saturated heterocycles. The van der Waals surface area contributed by atoms with Crippen molar-refractivity contribution in [1.29, 1.82) is 0 Å². The lowest BCUT2D eigenvalue weighted by Crippen LogP contribution is -2.41. The molecule has 2 aromatic heterocycles. The highest BCUT2D eigenvalue weighted by atomic mass is 32.1. The van der Waals surface area contributed by atoms with Gasteiger partial charge in [-0.1, -0.05) is 6.07 Å². The Morgan fingerprint density at radius 2 is 2.41 bits per heavy atom. The molecule has 0 aromatic carbocycles. The van der Waals surface area contributed by atoms with Crippen molar-refractivity contribution in [2.45, 2.75) is 24.5 Å². The van der Waals surface area contributed by atoms with Crippen molar-refractivity contribution in [3.05, 3.63) is 34.7 Å². The maximum Gasteiger partial charge on any atom is 0.261 e. The van der Waals surface area contributed by atoms with Gasteiger partial charge in [-0.15, -0.1) is 11.3 Å². The van der Waals surface area contributed by atoms with E-state index in [1.807, 2.05) is 30.6 Å². The number of ether oxygens (including phenoxy) is 1. The van der Waals surface area contributed by atoms with Crippen LogP contribution in [0.2, 0.25) is 0 Å². The van der Waals surface area contributed by atoms with Crippen LogP contribution in [0.1, 0.15) is 22.5 Å². The predicted molar refractivity (Wildman–Crippen MR) is 104 cm³/mol. The molecule has 0 unspecified atom stereocenters. The van der Waals surface area contributed by atoms with E-state index >= 15 is 0 Å². The summed E-state index contributed by atoms with van der Waals surface area (Å²) >= 11 is 1.47. The summed E-state index contributed by atoms with van der Waals surface area (Å²) in [7, 11) is 1.86. The van der Waals surface area contributed by atoms with Gasteiger partial charge in [-0.2, -0.15) is 4.98 Å².